The van der Waals surface area contributed by atoms with Crippen molar-refractivity contribution in [1.82, 2.24) is 4.58 Å². The van der Waals surface area contributed by atoms with Crippen LogP contribution in [0.2, 0.25) is 0 Å². The number of aliphatic hydroxyl groups excluding tert-OH is 1. The average molecular weight is 1770 g/mol. The summed E-state index contributed by atoms with van der Waals surface area (Å²) >= 11 is 0.792. The number of benzene rings is 5. The molecule has 6 rings (SSSR count). The van der Waals surface area contributed by atoms with E-state index in [9.17, 15) is 28.4 Å². The molecule has 0 fully saturated rings. The van der Waals surface area contributed by atoms with E-state index in [1.807, 2.05) is 18.2 Å². The van der Waals surface area contributed by atoms with E-state index >= 15 is 0 Å². The number of fused-ring (bicyclic) bond motifs is 3. The predicted octanol–water partition coefficient (Wildman–Crippen LogP) is 35.4. The highest BCUT2D eigenvalue weighted by Gasteiger charge is 2.24. The van der Waals surface area contributed by atoms with Crippen molar-refractivity contribution in [1.29, 1.82) is 0 Å². The Balaban J connectivity index is 0.000000832. The van der Waals surface area contributed by atoms with E-state index in [-0.39, 0.29) is 4.90 Å². The summed E-state index contributed by atoms with van der Waals surface area (Å²) in [6, 6.07) is 28.9. The van der Waals surface area contributed by atoms with Crippen LogP contribution in [0.5, 0.6) is 0 Å². The summed E-state index contributed by atoms with van der Waals surface area (Å²) in [5.74, 6) is 1.40. The lowest BCUT2D eigenvalue weighted by Gasteiger charge is -2.21. The maximum absolute atomic E-state index is 11.4. The van der Waals surface area contributed by atoms with Crippen LogP contribution in [0.15, 0.2) is 99.1 Å². The molecule has 2 aliphatic rings. The van der Waals surface area contributed by atoms with E-state index in [2.05, 4.69) is 97.1 Å². The fraction of sp³-hybridized carbons (Fsp3) is 0.743. The van der Waals surface area contributed by atoms with Gasteiger partial charge in [0.1, 0.15) is 34.6 Å². The molecule has 0 aromatic heterocycles. The highest BCUT2D eigenvalue weighted by molar-refractivity contribution is 7.94. The highest BCUT2D eigenvalue weighted by Crippen LogP contribution is 2.44. The molecule has 0 radical (unpaired) electrons. The van der Waals surface area contributed by atoms with E-state index in [0.29, 0.717) is 27.3 Å². The maximum atomic E-state index is 11.4. The Kier molecular flexibility index (Phi) is 67.2. The van der Waals surface area contributed by atoms with Gasteiger partial charge < -0.3 is 24.4 Å². The van der Waals surface area contributed by atoms with E-state index in [1.165, 1.54) is 473 Å². The molecule has 1 aliphatic heterocycles. The third-order valence-corrected chi connectivity index (χ3v) is 28.9. The molecule has 1 heterocycles. The minimum atomic E-state index is -4.55. The average Bonchev–Trinajstić information content (AvgIpc) is 0.745. The fourth-order valence-electron chi connectivity index (χ4n) is 19.3. The van der Waals surface area contributed by atoms with Crippen LogP contribution in [-0.2, 0) is 25.9 Å². The second-order valence-corrected chi connectivity index (χ2v) is 40.4. The monoisotopic (exact) mass is 1770 g/mol. The molecule has 0 unspecified atom stereocenters. The van der Waals surface area contributed by atoms with Gasteiger partial charge in [-0.3, -0.25) is 5.04 Å². The van der Waals surface area contributed by atoms with Gasteiger partial charge in [-0.25, -0.2) is 13.0 Å². The normalized spacial score (nSPS) is 11.9. The van der Waals surface area contributed by atoms with Gasteiger partial charge in [0.15, 0.2) is 6.29 Å². The third kappa shape index (κ3) is 51.5. The first kappa shape index (κ1) is 111. The van der Waals surface area contributed by atoms with Crippen LogP contribution >= 0.6 is 12.0 Å². The summed E-state index contributed by atoms with van der Waals surface area (Å²) in [7, 11) is -4.55. The summed E-state index contributed by atoms with van der Waals surface area (Å²) in [6.07, 6.45) is 99.4. The van der Waals surface area contributed by atoms with E-state index in [4.69, 9.17) is 4.42 Å². The quantitative estimate of drug-likeness (QED) is 0.00551. The van der Waals surface area contributed by atoms with Crippen molar-refractivity contribution < 1.29 is 42.2 Å². The van der Waals surface area contributed by atoms with Crippen molar-refractivity contribution in [2.24, 2.45) is 0 Å². The van der Waals surface area contributed by atoms with Crippen molar-refractivity contribution in [3.05, 3.63) is 113 Å². The van der Waals surface area contributed by atoms with Gasteiger partial charge in [0.2, 0.25) is 5.36 Å². The number of aliphatic hydroxyl groups is 2. The first-order valence-electron chi connectivity index (χ1n) is 53.6. The predicted molar refractivity (Wildman–Crippen MR) is 537 cm³/mol. The van der Waals surface area contributed by atoms with Gasteiger partial charge in [0.05, 0.1) is 23.0 Å². The van der Waals surface area contributed by atoms with Gasteiger partial charge in [-0.05, 0) is 115 Å². The number of rotatable bonds is 83. The smallest absolute Gasteiger partial charge is 0.203 e. The van der Waals surface area contributed by atoms with Gasteiger partial charge in [-0.2, -0.15) is 4.33 Å². The minimum absolute atomic E-state index is 0.239. The molecule has 712 valence electrons. The third-order valence-electron chi connectivity index (χ3n) is 27.2. The summed E-state index contributed by atoms with van der Waals surface area (Å²) in [5, 5.41) is 39.3. The number of nitrogens with zero attached hydrogens (tertiary/aromatic N) is 1. The Morgan fingerprint density at radius 3 is 1.10 bits per heavy atom. The molecular weight excluding hydrogens is 1580 g/mol. The van der Waals surface area contributed by atoms with Crippen molar-refractivity contribution in [2.75, 3.05) is 13.1 Å². The van der Waals surface area contributed by atoms with Crippen molar-refractivity contribution in [2.45, 2.75) is 539 Å². The van der Waals surface area contributed by atoms with Crippen LogP contribution in [0.4, 0.5) is 0 Å². The molecule has 0 saturated heterocycles. The second kappa shape index (κ2) is 75.4. The first-order chi connectivity index (χ1) is 61.4. The molecule has 0 saturated carbocycles. The zero-order valence-corrected chi connectivity index (χ0v) is 83.1. The molecule has 0 bridgehead atoms. The Hall–Kier alpha value is -4.11. The van der Waals surface area contributed by atoms with E-state index in [0.717, 1.165) is 88.8 Å². The standard InChI is InChI=1S/C93H162NO3.C20H28O6S2/c1-5-9-13-17-21-25-29-33-37-41-45-49-53-57-61-65-71-83(72-66-62-58-54-50-46-42-38-34-30-26-22-18-14-10-6-2)84-75-77-88-90(81-84)97-91-82-85(76-78-89(91)92(88)86-73-67-68-74-87(86)93(95)96)94(79-69-63-59-55-51-47-43-39-35-31-27-23-19-15-11-7-3)80-70-64-60-56-52-48-44-40-36-32-28-24-20-16-12-8-4;1-3-4-5-6-7-8-9-10-16-12-17-11-15(2)20(28(22,23)24)14-18(17)13-19(16)27-26-25-21/h67-68,73-78,81-83,93,95-96H,5-66,69-72,79-80H2,1-4H3;11-14,21H,3-10H2,1-2H3,(H,22,23,24)/q+1;/p-2. The van der Waals surface area contributed by atoms with Gasteiger partial charge >= 0.3 is 0 Å². The van der Waals surface area contributed by atoms with Crippen LogP contribution in [0.1, 0.15) is 538 Å². The Labute approximate surface area is 772 Å². The SMILES string of the molecule is CCCCCCCCCCCCCCCCCCC(CCCCCCCCCCCCCCCCCC)c1ccc2c(-c3ccccc3C(O)O)c3ccc(=[N+](CCCCCCCCCCCCCCCCCC)CCCCCCCCCCCCCCCCCC)cc-3oc2c1.CCCCCCCCCc1cc2cc(C)c(S(=O)(=O)[O-])cc2cc1SOO[O-]. The number of aryl methyl sites for hydroxylation is 2. The van der Waals surface area contributed by atoms with Crippen LogP contribution in [0.25, 0.3) is 44.2 Å². The molecule has 4 aromatic rings. The lowest BCUT2D eigenvalue weighted by molar-refractivity contribution is -0.777. The van der Waals surface area contributed by atoms with Crippen LogP contribution < -0.4 is 15.2 Å². The molecule has 0 amide bonds. The van der Waals surface area contributed by atoms with E-state index < -0.39 is 16.4 Å². The second-order valence-electron chi connectivity index (χ2n) is 38.3. The topological polar surface area (TPSA) is 155 Å². The van der Waals surface area contributed by atoms with Crippen molar-refractivity contribution >= 4 is 43.9 Å². The molecule has 1 aliphatic carbocycles. The lowest BCUT2D eigenvalue weighted by atomic mass is 9.86. The molecule has 0 atom stereocenters. The summed E-state index contributed by atoms with van der Waals surface area (Å²) in [5.41, 5.74) is 7.27. The fourth-order valence-corrected chi connectivity index (χ4v) is 20.6. The zero-order valence-electron chi connectivity index (χ0n) is 81.5. The van der Waals surface area contributed by atoms with Crippen molar-refractivity contribution in [3.8, 4) is 22.5 Å². The maximum Gasteiger partial charge on any atom is 0.203 e. The minimum Gasteiger partial charge on any atom is -0.744 e. The van der Waals surface area contributed by atoms with E-state index in [1.54, 1.807) is 19.1 Å². The molecule has 2 N–H and O–H groups in total. The zero-order chi connectivity index (χ0) is 89.4. The summed E-state index contributed by atoms with van der Waals surface area (Å²) in [4.78, 5) is 0.434. The number of unbranched alkanes of at least 4 members (excludes halogenated alkanes) is 66. The first-order valence-corrected chi connectivity index (χ1v) is 55.7. The molecule has 4 aromatic carbocycles. The Bertz CT molecular complexity index is 3640. The lowest BCUT2D eigenvalue weighted by Crippen LogP contribution is -2.32. The summed E-state index contributed by atoms with van der Waals surface area (Å²) < 4.78 is 48.8. The van der Waals surface area contributed by atoms with Crippen molar-refractivity contribution in [3.63, 3.8) is 0 Å². The summed E-state index contributed by atoms with van der Waals surface area (Å²) in [6.45, 7) is 15.2. The number of hydrogen-bond acceptors (Lipinski definition) is 10. The van der Waals surface area contributed by atoms with Gasteiger partial charge in [-0.15, -0.1) is 0 Å². The van der Waals surface area contributed by atoms with Gasteiger partial charge in [0.25, 0.3) is 0 Å². The largest absolute Gasteiger partial charge is 0.744 e. The van der Waals surface area contributed by atoms with Gasteiger partial charge in [-0.1, -0.05) is 501 Å². The highest BCUT2D eigenvalue weighted by atomic mass is 32.2. The molecule has 10 nitrogen and oxygen atoms in total. The van der Waals surface area contributed by atoms with Crippen LogP contribution in [0, 0.1) is 6.92 Å². The molecule has 12 heteroatoms. The molecule has 125 heavy (non-hydrogen) atoms. The Morgan fingerprint density at radius 1 is 0.384 bits per heavy atom. The Morgan fingerprint density at radius 2 is 0.736 bits per heavy atom. The van der Waals surface area contributed by atoms with Crippen LogP contribution in [0.3, 0.4) is 0 Å². The molecular formula is C113H188NO9S2-. The van der Waals surface area contributed by atoms with Crippen LogP contribution in [-0.4, -0.2) is 36.3 Å². The van der Waals surface area contributed by atoms with Gasteiger partial charge in [0, 0.05) is 45.9 Å². The number of hydrogen-bond donors (Lipinski definition) is 2. The molecule has 0 spiro atoms.